The second-order valence-corrected chi connectivity index (χ2v) is 5.60. The van der Waals surface area contributed by atoms with Gasteiger partial charge < -0.3 is 5.21 Å². The molecule has 2 unspecified atom stereocenters. The predicted octanol–water partition coefficient (Wildman–Crippen LogP) is 3.49. The van der Waals surface area contributed by atoms with Crippen LogP contribution in [0.4, 0.5) is 0 Å². The molecule has 2 aliphatic carbocycles. The van der Waals surface area contributed by atoms with Crippen molar-refractivity contribution in [3.05, 3.63) is 0 Å². The Morgan fingerprint density at radius 1 is 0.867 bits per heavy atom. The molecule has 0 amide bonds. The van der Waals surface area contributed by atoms with Gasteiger partial charge in [0.25, 0.3) is 0 Å². The smallest absolute Gasteiger partial charge is 0.0322 e. The Morgan fingerprint density at radius 3 is 2.33 bits per heavy atom. The average molecular weight is 211 g/mol. The Morgan fingerprint density at radius 2 is 1.60 bits per heavy atom. The van der Waals surface area contributed by atoms with Crippen LogP contribution < -0.4 is 5.48 Å². The third-order valence-electron chi connectivity index (χ3n) is 4.36. The third kappa shape index (κ3) is 3.46. The molecule has 0 aromatic heterocycles. The number of hydrogen-bond donors (Lipinski definition) is 2. The highest BCUT2D eigenvalue weighted by Crippen LogP contribution is 2.35. The zero-order chi connectivity index (χ0) is 10.5. The Labute approximate surface area is 93.4 Å². The highest BCUT2D eigenvalue weighted by Gasteiger charge is 2.24. The van der Waals surface area contributed by atoms with Gasteiger partial charge in [-0.25, -0.2) is 5.48 Å². The lowest BCUT2D eigenvalue weighted by molar-refractivity contribution is 0.0865. The minimum absolute atomic E-state index is 0.382. The van der Waals surface area contributed by atoms with Gasteiger partial charge in [-0.2, -0.15) is 0 Å². The number of nitrogens with one attached hydrogen (secondary N) is 1. The van der Waals surface area contributed by atoms with Crippen LogP contribution in [0.3, 0.4) is 0 Å². The second kappa shape index (κ2) is 5.86. The van der Waals surface area contributed by atoms with Gasteiger partial charge in [-0.3, -0.25) is 0 Å². The van der Waals surface area contributed by atoms with Crippen molar-refractivity contribution in [1.29, 1.82) is 0 Å². The van der Waals surface area contributed by atoms with E-state index in [0.717, 1.165) is 18.3 Å². The van der Waals surface area contributed by atoms with Gasteiger partial charge in [-0.05, 0) is 31.1 Å². The maximum Gasteiger partial charge on any atom is 0.0322 e. The van der Waals surface area contributed by atoms with Gasteiger partial charge in [0.2, 0.25) is 0 Å². The van der Waals surface area contributed by atoms with E-state index in [9.17, 15) is 0 Å². The predicted molar refractivity (Wildman–Crippen MR) is 61.9 cm³/mol. The summed E-state index contributed by atoms with van der Waals surface area (Å²) in [4.78, 5) is 0. The fraction of sp³-hybridized carbons (Fsp3) is 1.00. The lowest BCUT2D eigenvalue weighted by Gasteiger charge is -2.32. The van der Waals surface area contributed by atoms with Crippen molar-refractivity contribution < 1.29 is 5.21 Å². The lowest BCUT2D eigenvalue weighted by Crippen LogP contribution is -2.32. The Bertz CT molecular complexity index is 177. The molecule has 0 heterocycles. The SMILES string of the molecule is ONC1CCCC(CC2CCCCC2)C1. The molecule has 2 atom stereocenters. The van der Waals surface area contributed by atoms with Crippen LogP contribution in [0, 0.1) is 11.8 Å². The van der Waals surface area contributed by atoms with Crippen LogP contribution in [0.25, 0.3) is 0 Å². The first-order valence-corrected chi connectivity index (χ1v) is 6.78. The summed E-state index contributed by atoms with van der Waals surface area (Å²) in [5.74, 6) is 1.88. The molecule has 2 saturated carbocycles. The minimum Gasteiger partial charge on any atom is -0.317 e. The summed E-state index contributed by atoms with van der Waals surface area (Å²) >= 11 is 0. The normalized spacial score (nSPS) is 34.2. The molecule has 0 spiro atoms. The zero-order valence-corrected chi connectivity index (χ0v) is 9.75. The largest absolute Gasteiger partial charge is 0.317 e. The average Bonchev–Trinajstić information content (AvgIpc) is 2.31. The van der Waals surface area contributed by atoms with Crippen molar-refractivity contribution in [3.8, 4) is 0 Å². The Hall–Kier alpha value is -0.0800. The number of rotatable bonds is 3. The Kier molecular flexibility index (Phi) is 4.45. The van der Waals surface area contributed by atoms with Gasteiger partial charge in [0.1, 0.15) is 0 Å². The molecular weight excluding hydrogens is 186 g/mol. The van der Waals surface area contributed by atoms with Crippen LogP contribution >= 0.6 is 0 Å². The van der Waals surface area contributed by atoms with E-state index in [-0.39, 0.29) is 0 Å². The molecule has 0 aliphatic heterocycles. The van der Waals surface area contributed by atoms with Gasteiger partial charge in [-0.15, -0.1) is 0 Å². The third-order valence-corrected chi connectivity index (χ3v) is 4.36. The summed E-state index contributed by atoms with van der Waals surface area (Å²) in [6.45, 7) is 0. The number of hydroxylamine groups is 1. The molecule has 2 rings (SSSR count). The molecule has 88 valence electrons. The number of hydrogen-bond acceptors (Lipinski definition) is 2. The van der Waals surface area contributed by atoms with Crippen LogP contribution in [0.2, 0.25) is 0 Å². The van der Waals surface area contributed by atoms with E-state index in [1.54, 1.807) is 0 Å². The van der Waals surface area contributed by atoms with E-state index in [1.165, 1.54) is 57.8 Å². The highest BCUT2D eigenvalue weighted by atomic mass is 16.5. The fourth-order valence-corrected chi connectivity index (χ4v) is 3.52. The fourth-order valence-electron chi connectivity index (χ4n) is 3.52. The van der Waals surface area contributed by atoms with E-state index >= 15 is 0 Å². The molecule has 2 N–H and O–H groups in total. The molecule has 15 heavy (non-hydrogen) atoms. The van der Waals surface area contributed by atoms with Crippen LogP contribution in [0.5, 0.6) is 0 Å². The van der Waals surface area contributed by atoms with Crippen LogP contribution in [-0.4, -0.2) is 11.2 Å². The van der Waals surface area contributed by atoms with Gasteiger partial charge >= 0.3 is 0 Å². The molecule has 0 saturated heterocycles. The summed E-state index contributed by atoms with van der Waals surface area (Å²) in [5, 5.41) is 8.96. The molecule has 0 bridgehead atoms. The van der Waals surface area contributed by atoms with Crippen molar-refractivity contribution in [2.75, 3.05) is 0 Å². The molecule has 2 heteroatoms. The van der Waals surface area contributed by atoms with E-state index in [0.29, 0.717) is 6.04 Å². The first kappa shape index (κ1) is 11.4. The van der Waals surface area contributed by atoms with Gasteiger partial charge in [0, 0.05) is 6.04 Å². The molecule has 2 fully saturated rings. The van der Waals surface area contributed by atoms with Gasteiger partial charge in [0.05, 0.1) is 0 Å². The van der Waals surface area contributed by atoms with Crippen LogP contribution in [0.15, 0.2) is 0 Å². The zero-order valence-electron chi connectivity index (χ0n) is 9.75. The minimum atomic E-state index is 0.382. The summed E-state index contributed by atoms with van der Waals surface area (Å²) < 4.78 is 0. The summed E-state index contributed by atoms with van der Waals surface area (Å²) in [7, 11) is 0. The first-order chi connectivity index (χ1) is 7.38. The van der Waals surface area contributed by atoms with E-state index in [1.807, 2.05) is 0 Å². The first-order valence-electron chi connectivity index (χ1n) is 6.78. The second-order valence-electron chi connectivity index (χ2n) is 5.60. The van der Waals surface area contributed by atoms with Crippen molar-refractivity contribution in [2.24, 2.45) is 11.8 Å². The standard InChI is InChI=1S/C13H25NO/c15-14-13-8-4-7-12(10-13)9-11-5-2-1-3-6-11/h11-15H,1-10H2. The monoisotopic (exact) mass is 211 g/mol. The quantitative estimate of drug-likeness (QED) is 0.700. The molecule has 2 aliphatic rings. The molecular formula is C13H25NO. The van der Waals surface area contributed by atoms with Gasteiger partial charge in [0.15, 0.2) is 0 Å². The van der Waals surface area contributed by atoms with Crippen molar-refractivity contribution in [2.45, 2.75) is 70.3 Å². The van der Waals surface area contributed by atoms with Gasteiger partial charge in [-0.1, -0.05) is 44.9 Å². The molecule has 0 aromatic rings. The molecule has 0 radical (unpaired) electrons. The van der Waals surface area contributed by atoms with E-state index in [4.69, 9.17) is 5.21 Å². The van der Waals surface area contributed by atoms with Crippen molar-refractivity contribution in [3.63, 3.8) is 0 Å². The van der Waals surface area contributed by atoms with Crippen LogP contribution in [0.1, 0.15) is 64.2 Å². The lowest BCUT2D eigenvalue weighted by atomic mass is 9.76. The van der Waals surface area contributed by atoms with Crippen molar-refractivity contribution in [1.82, 2.24) is 5.48 Å². The van der Waals surface area contributed by atoms with E-state index in [2.05, 4.69) is 5.48 Å². The highest BCUT2D eigenvalue weighted by molar-refractivity contribution is 4.78. The maximum absolute atomic E-state index is 8.96. The summed E-state index contributed by atoms with van der Waals surface area (Å²) in [5.41, 5.74) is 2.47. The maximum atomic E-state index is 8.96. The summed E-state index contributed by atoms with van der Waals surface area (Å²) in [6, 6.07) is 0.382. The van der Waals surface area contributed by atoms with E-state index < -0.39 is 0 Å². The van der Waals surface area contributed by atoms with Crippen LogP contribution in [-0.2, 0) is 0 Å². The Balaban J connectivity index is 1.72. The summed E-state index contributed by atoms with van der Waals surface area (Å²) in [6.07, 6.45) is 13.8. The topological polar surface area (TPSA) is 32.3 Å². The van der Waals surface area contributed by atoms with Crippen molar-refractivity contribution >= 4 is 0 Å². The molecule has 0 aromatic carbocycles. The molecule has 2 nitrogen and oxygen atoms in total.